The van der Waals surface area contributed by atoms with Crippen molar-refractivity contribution in [3.63, 3.8) is 0 Å². The standard InChI is InChI=1S/C13H20N2O2/c1-3-8(2)9-6-10(16)12(11(17)7-9)13-14-4-5-15-13/h8-9,14-15H,3-7H2,1-2H3. The van der Waals surface area contributed by atoms with Gasteiger partial charge in [0.15, 0.2) is 11.6 Å². The van der Waals surface area contributed by atoms with Crippen molar-refractivity contribution in [1.82, 2.24) is 10.6 Å². The Bertz CT molecular complexity index is 346. The van der Waals surface area contributed by atoms with Gasteiger partial charge in [-0.3, -0.25) is 9.59 Å². The Morgan fingerprint density at radius 3 is 2.18 bits per heavy atom. The smallest absolute Gasteiger partial charge is 0.170 e. The van der Waals surface area contributed by atoms with Gasteiger partial charge in [0, 0.05) is 25.9 Å². The molecule has 2 aliphatic rings. The van der Waals surface area contributed by atoms with Crippen molar-refractivity contribution in [3.05, 3.63) is 11.4 Å². The zero-order chi connectivity index (χ0) is 12.4. The number of carbonyl (C=O) groups is 2. The SMILES string of the molecule is CCC(C)C1CC(=O)C(=C2NCCN2)C(=O)C1. The minimum absolute atomic E-state index is 0.00319. The van der Waals surface area contributed by atoms with Crippen molar-refractivity contribution < 1.29 is 9.59 Å². The second kappa shape index (κ2) is 4.90. The highest BCUT2D eigenvalue weighted by atomic mass is 16.2. The van der Waals surface area contributed by atoms with E-state index in [-0.39, 0.29) is 17.5 Å². The van der Waals surface area contributed by atoms with Crippen LogP contribution in [-0.2, 0) is 9.59 Å². The van der Waals surface area contributed by atoms with Crippen LogP contribution in [0.1, 0.15) is 33.1 Å². The minimum Gasteiger partial charge on any atom is -0.369 e. The third kappa shape index (κ3) is 2.35. The second-order valence-corrected chi connectivity index (χ2v) is 5.00. The normalized spacial score (nSPS) is 26.8. The first-order valence-corrected chi connectivity index (χ1v) is 6.41. The average Bonchev–Trinajstić information content (AvgIpc) is 2.80. The first kappa shape index (κ1) is 12.1. The van der Waals surface area contributed by atoms with Crippen LogP contribution in [-0.4, -0.2) is 24.7 Å². The van der Waals surface area contributed by atoms with Crippen LogP contribution in [0.15, 0.2) is 11.4 Å². The van der Waals surface area contributed by atoms with Crippen LogP contribution >= 0.6 is 0 Å². The van der Waals surface area contributed by atoms with Crippen LogP contribution in [0.3, 0.4) is 0 Å². The third-order valence-electron chi connectivity index (χ3n) is 3.88. The first-order valence-electron chi connectivity index (χ1n) is 6.41. The van der Waals surface area contributed by atoms with Crippen LogP contribution in [0.4, 0.5) is 0 Å². The number of hydrogen-bond donors (Lipinski definition) is 2. The molecule has 1 atom stereocenters. The Morgan fingerprint density at radius 2 is 1.71 bits per heavy atom. The zero-order valence-electron chi connectivity index (χ0n) is 10.5. The largest absolute Gasteiger partial charge is 0.369 e. The number of hydrogen-bond acceptors (Lipinski definition) is 4. The number of allylic oxidation sites excluding steroid dienone is 1. The second-order valence-electron chi connectivity index (χ2n) is 5.00. The molecule has 0 spiro atoms. The van der Waals surface area contributed by atoms with E-state index in [9.17, 15) is 9.59 Å². The van der Waals surface area contributed by atoms with Gasteiger partial charge in [-0.1, -0.05) is 20.3 Å². The van der Waals surface area contributed by atoms with Gasteiger partial charge in [-0.15, -0.1) is 0 Å². The lowest BCUT2D eigenvalue weighted by Gasteiger charge is -2.27. The van der Waals surface area contributed by atoms with Crippen LogP contribution in [0.5, 0.6) is 0 Å². The fraction of sp³-hybridized carbons (Fsp3) is 0.692. The van der Waals surface area contributed by atoms with Gasteiger partial charge in [-0.25, -0.2) is 0 Å². The Morgan fingerprint density at radius 1 is 1.18 bits per heavy atom. The molecule has 0 amide bonds. The van der Waals surface area contributed by atoms with Gasteiger partial charge < -0.3 is 10.6 Å². The molecule has 0 aromatic heterocycles. The maximum Gasteiger partial charge on any atom is 0.170 e. The summed E-state index contributed by atoms with van der Waals surface area (Å²) in [5.74, 6) is 1.33. The van der Waals surface area contributed by atoms with Crippen molar-refractivity contribution in [2.24, 2.45) is 11.8 Å². The lowest BCUT2D eigenvalue weighted by atomic mass is 9.76. The zero-order valence-corrected chi connectivity index (χ0v) is 10.5. The van der Waals surface area contributed by atoms with E-state index >= 15 is 0 Å². The molecule has 2 rings (SSSR count). The average molecular weight is 236 g/mol. The predicted octanol–water partition coefficient (Wildman–Crippen LogP) is 0.985. The van der Waals surface area contributed by atoms with Gasteiger partial charge in [-0.2, -0.15) is 0 Å². The fourth-order valence-corrected chi connectivity index (χ4v) is 2.54. The molecule has 4 heteroatoms. The molecule has 1 saturated carbocycles. The topological polar surface area (TPSA) is 58.2 Å². The van der Waals surface area contributed by atoms with E-state index in [1.165, 1.54) is 0 Å². The molecule has 2 fully saturated rings. The summed E-state index contributed by atoms with van der Waals surface area (Å²) in [7, 11) is 0. The molecule has 1 saturated heterocycles. The van der Waals surface area contributed by atoms with E-state index in [1.54, 1.807) is 0 Å². The summed E-state index contributed by atoms with van der Waals surface area (Å²) in [6.45, 7) is 5.80. The lowest BCUT2D eigenvalue weighted by molar-refractivity contribution is -0.126. The quantitative estimate of drug-likeness (QED) is 0.554. The molecule has 17 heavy (non-hydrogen) atoms. The van der Waals surface area contributed by atoms with Crippen molar-refractivity contribution in [2.45, 2.75) is 33.1 Å². The molecule has 0 radical (unpaired) electrons. The molecular formula is C13H20N2O2. The van der Waals surface area contributed by atoms with Crippen LogP contribution in [0.25, 0.3) is 0 Å². The summed E-state index contributed by atoms with van der Waals surface area (Å²) in [4.78, 5) is 24.1. The molecule has 1 aliphatic carbocycles. The van der Waals surface area contributed by atoms with E-state index in [2.05, 4.69) is 24.5 Å². The van der Waals surface area contributed by atoms with Crippen molar-refractivity contribution in [3.8, 4) is 0 Å². The van der Waals surface area contributed by atoms with Gasteiger partial charge in [0.25, 0.3) is 0 Å². The molecule has 1 unspecified atom stereocenters. The fourth-order valence-electron chi connectivity index (χ4n) is 2.54. The number of rotatable bonds is 2. The van der Waals surface area contributed by atoms with Gasteiger partial charge in [-0.05, 0) is 11.8 Å². The number of carbonyl (C=O) groups excluding carboxylic acids is 2. The highest BCUT2D eigenvalue weighted by Crippen LogP contribution is 2.31. The summed E-state index contributed by atoms with van der Waals surface area (Å²) in [5.41, 5.74) is 0.377. The Hall–Kier alpha value is -1.32. The van der Waals surface area contributed by atoms with E-state index in [0.717, 1.165) is 19.5 Å². The van der Waals surface area contributed by atoms with Crippen LogP contribution in [0.2, 0.25) is 0 Å². The van der Waals surface area contributed by atoms with Gasteiger partial charge in [0.05, 0.1) is 0 Å². The Kier molecular flexibility index (Phi) is 3.50. The first-order chi connectivity index (χ1) is 8.13. The van der Waals surface area contributed by atoms with E-state index in [0.29, 0.717) is 30.2 Å². The van der Waals surface area contributed by atoms with Crippen molar-refractivity contribution in [1.29, 1.82) is 0 Å². The van der Waals surface area contributed by atoms with Crippen molar-refractivity contribution in [2.75, 3.05) is 13.1 Å². The summed E-state index contributed by atoms with van der Waals surface area (Å²) < 4.78 is 0. The molecule has 0 aromatic carbocycles. The number of Topliss-reactive ketones (excluding diaryl/α,β-unsaturated/α-hetero) is 2. The number of ketones is 2. The molecular weight excluding hydrogens is 216 g/mol. The summed E-state index contributed by atoms with van der Waals surface area (Å²) >= 11 is 0. The van der Waals surface area contributed by atoms with Gasteiger partial charge in [0.1, 0.15) is 11.4 Å². The lowest BCUT2D eigenvalue weighted by Crippen LogP contribution is -2.33. The van der Waals surface area contributed by atoms with Crippen molar-refractivity contribution >= 4 is 11.6 Å². The van der Waals surface area contributed by atoms with E-state index in [4.69, 9.17) is 0 Å². The van der Waals surface area contributed by atoms with E-state index in [1.807, 2.05) is 0 Å². The third-order valence-corrected chi connectivity index (χ3v) is 3.88. The van der Waals surface area contributed by atoms with Crippen LogP contribution < -0.4 is 10.6 Å². The maximum atomic E-state index is 12.1. The molecule has 0 bridgehead atoms. The maximum absolute atomic E-state index is 12.1. The molecule has 2 N–H and O–H groups in total. The number of nitrogens with one attached hydrogen (secondary N) is 2. The molecule has 0 aromatic rings. The van der Waals surface area contributed by atoms with Gasteiger partial charge in [0.2, 0.25) is 0 Å². The molecule has 1 aliphatic heterocycles. The predicted molar refractivity (Wildman–Crippen MR) is 65.2 cm³/mol. The minimum atomic E-state index is 0.00319. The molecule has 4 nitrogen and oxygen atoms in total. The highest BCUT2D eigenvalue weighted by molar-refractivity contribution is 6.22. The summed E-state index contributed by atoms with van der Waals surface area (Å²) in [6.07, 6.45) is 2.06. The monoisotopic (exact) mass is 236 g/mol. The highest BCUT2D eigenvalue weighted by Gasteiger charge is 2.35. The Labute approximate surface area is 102 Å². The molecule has 1 heterocycles. The Balaban J connectivity index is 2.17. The van der Waals surface area contributed by atoms with Gasteiger partial charge >= 0.3 is 0 Å². The van der Waals surface area contributed by atoms with E-state index < -0.39 is 0 Å². The van der Waals surface area contributed by atoms with Crippen LogP contribution in [0, 0.1) is 11.8 Å². The molecule has 94 valence electrons. The summed E-state index contributed by atoms with van der Waals surface area (Å²) in [6, 6.07) is 0. The summed E-state index contributed by atoms with van der Waals surface area (Å²) in [5, 5.41) is 6.14.